The molecule has 0 spiro atoms. The molecule has 0 saturated heterocycles. The zero-order valence-corrected chi connectivity index (χ0v) is 28.0. The summed E-state index contributed by atoms with van der Waals surface area (Å²) in [6.45, 7) is 16.0. The molecule has 0 N–H and O–H groups in total. The van der Waals surface area contributed by atoms with Gasteiger partial charge in [0.05, 0.1) is 0 Å². The maximum absolute atomic E-state index is 2.47. The van der Waals surface area contributed by atoms with E-state index in [9.17, 15) is 0 Å². The van der Waals surface area contributed by atoms with Gasteiger partial charge in [-0.05, 0) is 70.6 Å². The van der Waals surface area contributed by atoms with E-state index in [0.29, 0.717) is 11.8 Å². The van der Waals surface area contributed by atoms with Crippen LogP contribution in [0.5, 0.6) is 0 Å². The standard InChI is InChI=1S/C35H39.3ClH.Ti/c1-22-12-23(2)16-30(15-22)35(31-17-24(3)13-25(4)18-31,32-19-26(5)14-27(6)20-32)34-28(7)21-29-10-8-9-11-33(29)34;;;;/h8-9,11-20,28-29H,10,21H2,1-7H3;3*1H;/q-1;;;;+4/p-3. The molecule has 3 aromatic carbocycles. The van der Waals surface area contributed by atoms with Crippen LogP contribution in [0.3, 0.4) is 0 Å². The Kier molecular flexibility index (Phi) is 12.8. The summed E-state index contributed by atoms with van der Waals surface area (Å²) in [5.74, 6) is 2.73. The number of hydrogen-bond acceptors (Lipinski definition) is 0. The minimum atomic E-state index is -0.324. The van der Waals surface area contributed by atoms with Crippen molar-refractivity contribution in [1.82, 2.24) is 0 Å². The SMILES string of the molecule is Cc1cc(C)cc(C(c2cc(C)cc(C)c2)(c2cc(C)cc(C)c2)[C-]2C3=CC=CCC3CC2C)c1.[Cl-].[Cl-].[Cl-].[Ti+4]. The largest absolute Gasteiger partial charge is 4.00 e. The van der Waals surface area contributed by atoms with Crippen molar-refractivity contribution in [2.75, 3.05) is 0 Å². The molecule has 0 nitrogen and oxygen atoms in total. The molecule has 5 rings (SSSR count). The Balaban J connectivity index is 0.00000190. The zero-order chi connectivity index (χ0) is 24.9. The smallest absolute Gasteiger partial charge is 1.00 e. The van der Waals surface area contributed by atoms with Crippen molar-refractivity contribution in [3.63, 3.8) is 0 Å². The van der Waals surface area contributed by atoms with Gasteiger partial charge >= 0.3 is 21.7 Å². The fraction of sp³-hybridized carbons (Fsp3) is 0.343. The molecular formula is C35H39Cl3Ti. The first-order chi connectivity index (χ1) is 16.7. The van der Waals surface area contributed by atoms with Gasteiger partial charge in [0, 0.05) is 5.41 Å². The van der Waals surface area contributed by atoms with Crippen molar-refractivity contribution in [3.05, 3.63) is 134 Å². The van der Waals surface area contributed by atoms with Gasteiger partial charge in [0.2, 0.25) is 0 Å². The first-order valence-corrected chi connectivity index (χ1v) is 13.2. The minimum Gasteiger partial charge on any atom is -1.00 e. The molecule has 0 aromatic heterocycles. The molecule has 2 aliphatic rings. The van der Waals surface area contributed by atoms with E-state index in [2.05, 4.69) is 121 Å². The monoisotopic (exact) mass is 612 g/mol. The molecule has 0 amide bonds. The third-order valence-electron chi connectivity index (χ3n) is 8.08. The second-order valence-corrected chi connectivity index (χ2v) is 11.4. The topological polar surface area (TPSA) is 0 Å². The molecule has 39 heavy (non-hydrogen) atoms. The quantitative estimate of drug-likeness (QED) is 0.221. The molecule has 0 radical (unpaired) electrons. The summed E-state index contributed by atoms with van der Waals surface area (Å²) in [6.07, 6.45) is 9.46. The fourth-order valence-electron chi connectivity index (χ4n) is 7.17. The van der Waals surface area contributed by atoms with E-state index in [-0.39, 0.29) is 64.4 Å². The molecule has 4 heteroatoms. The Morgan fingerprint density at radius 1 is 0.615 bits per heavy atom. The minimum absolute atomic E-state index is 0. The van der Waals surface area contributed by atoms with Crippen LogP contribution in [0.25, 0.3) is 0 Å². The summed E-state index contributed by atoms with van der Waals surface area (Å²) in [4.78, 5) is 0. The number of fused-ring (bicyclic) bond motifs is 1. The van der Waals surface area contributed by atoms with Crippen LogP contribution >= 0.6 is 0 Å². The van der Waals surface area contributed by atoms with E-state index in [0.717, 1.165) is 6.42 Å². The predicted molar refractivity (Wildman–Crippen MR) is 150 cm³/mol. The van der Waals surface area contributed by atoms with Gasteiger partial charge in [0.25, 0.3) is 0 Å². The Morgan fingerprint density at radius 3 is 1.33 bits per heavy atom. The predicted octanol–water partition coefficient (Wildman–Crippen LogP) is -0.00219. The summed E-state index contributed by atoms with van der Waals surface area (Å²) in [5.41, 5.74) is 13.5. The van der Waals surface area contributed by atoms with Crippen LogP contribution in [-0.4, -0.2) is 0 Å². The first kappa shape index (κ1) is 35.6. The summed E-state index contributed by atoms with van der Waals surface area (Å²) in [5, 5.41) is 0. The van der Waals surface area contributed by atoms with Gasteiger partial charge in [0.15, 0.2) is 0 Å². The summed E-state index contributed by atoms with van der Waals surface area (Å²) in [7, 11) is 0. The van der Waals surface area contributed by atoms with Crippen molar-refractivity contribution in [2.45, 2.75) is 66.7 Å². The number of allylic oxidation sites excluding steroid dienone is 4. The van der Waals surface area contributed by atoms with Gasteiger partial charge in [-0.25, -0.2) is 11.6 Å². The normalized spacial score (nSPS) is 17.6. The molecule has 1 fully saturated rings. The summed E-state index contributed by atoms with van der Waals surface area (Å²) in [6, 6.07) is 21.7. The fourth-order valence-corrected chi connectivity index (χ4v) is 7.17. The average Bonchev–Trinajstić information content (AvgIpc) is 3.09. The van der Waals surface area contributed by atoms with Gasteiger partial charge in [-0.1, -0.05) is 107 Å². The number of rotatable bonds is 4. The third kappa shape index (κ3) is 6.58. The van der Waals surface area contributed by atoms with Crippen LogP contribution in [0, 0.1) is 59.3 Å². The molecule has 204 valence electrons. The van der Waals surface area contributed by atoms with Crippen LogP contribution in [-0.2, 0) is 27.1 Å². The van der Waals surface area contributed by atoms with Crippen molar-refractivity contribution in [1.29, 1.82) is 0 Å². The zero-order valence-electron chi connectivity index (χ0n) is 24.1. The number of hydrogen-bond donors (Lipinski definition) is 0. The molecule has 0 bridgehead atoms. The van der Waals surface area contributed by atoms with Gasteiger partial charge < -0.3 is 37.2 Å². The van der Waals surface area contributed by atoms with Crippen molar-refractivity contribution < 1.29 is 58.9 Å². The first-order valence-electron chi connectivity index (χ1n) is 13.2. The number of aryl methyl sites for hydroxylation is 6. The maximum Gasteiger partial charge on any atom is 4.00 e. The van der Waals surface area contributed by atoms with E-state index in [1.54, 1.807) is 11.5 Å². The van der Waals surface area contributed by atoms with Crippen LogP contribution < -0.4 is 37.2 Å². The molecule has 0 heterocycles. The Hall–Kier alpha value is -1.41. The van der Waals surface area contributed by atoms with Crippen LogP contribution in [0.2, 0.25) is 0 Å². The molecule has 3 aromatic rings. The van der Waals surface area contributed by atoms with Crippen molar-refractivity contribution >= 4 is 0 Å². The third-order valence-corrected chi connectivity index (χ3v) is 8.08. The molecule has 2 unspecified atom stereocenters. The van der Waals surface area contributed by atoms with E-state index in [1.165, 1.54) is 56.5 Å². The van der Waals surface area contributed by atoms with Gasteiger partial charge in [0.1, 0.15) is 0 Å². The molecule has 0 aliphatic heterocycles. The van der Waals surface area contributed by atoms with Crippen LogP contribution in [0.4, 0.5) is 0 Å². The van der Waals surface area contributed by atoms with E-state index in [4.69, 9.17) is 0 Å². The Morgan fingerprint density at radius 2 is 0.974 bits per heavy atom. The molecular weight excluding hydrogens is 575 g/mol. The Bertz CT molecular complexity index is 1170. The van der Waals surface area contributed by atoms with E-state index >= 15 is 0 Å². The van der Waals surface area contributed by atoms with E-state index < -0.39 is 0 Å². The average molecular weight is 614 g/mol. The van der Waals surface area contributed by atoms with Gasteiger partial charge in [-0.3, -0.25) is 0 Å². The Labute approximate surface area is 270 Å². The summed E-state index contributed by atoms with van der Waals surface area (Å²) >= 11 is 0. The molecule has 2 atom stereocenters. The van der Waals surface area contributed by atoms with Gasteiger partial charge in [-0.15, -0.1) is 12.2 Å². The number of benzene rings is 3. The van der Waals surface area contributed by atoms with E-state index in [1.807, 2.05) is 0 Å². The van der Waals surface area contributed by atoms with Gasteiger partial charge in [-0.2, -0.15) is 5.92 Å². The van der Waals surface area contributed by atoms with Crippen LogP contribution in [0.1, 0.15) is 69.8 Å². The van der Waals surface area contributed by atoms with Crippen molar-refractivity contribution in [3.8, 4) is 0 Å². The second kappa shape index (κ2) is 14.0. The maximum atomic E-state index is 2.47. The molecule has 1 saturated carbocycles. The summed E-state index contributed by atoms with van der Waals surface area (Å²) < 4.78 is 0. The second-order valence-electron chi connectivity index (χ2n) is 11.4. The molecule has 2 aliphatic carbocycles. The van der Waals surface area contributed by atoms with Crippen LogP contribution in [0.15, 0.2) is 78.4 Å². The number of halogens is 3. The van der Waals surface area contributed by atoms with Crippen molar-refractivity contribution in [2.24, 2.45) is 11.8 Å².